The second kappa shape index (κ2) is 3.73. The topological polar surface area (TPSA) is 0 Å². The van der Waals surface area contributed by atoms with Gasteiger partial charge in [0.2, 0.25) is 0 Å². The first kappa shape index (κ1) is 4.73. The zero-order valence-electron chi connectivity index (χ0n) is 1.88. The summed E-state index contributed by atoms with van der Waals surface area (Å²) in [5, 5.41) is 0. The summed E-state index contributed by atoms with van der Waals surface area (Å²) in [6, 6.07) is 0. The fraction of sp³-hybridized carbons (Fsp3) is 0. The Hall–Kier alpha value is 0.730. The molecule has 0 saturated heterocycles. The van der Waals surface area contributed by atoms with Gasteiger partial charge in [0.25, 0.3) is 0 Å². The molecule has 26 valence electrons. The summed E-state index contributed by atoms with van der Waals surface area (Å²) in [5.74, 6) is 0. The summed E-state index contributed by atoms with van der Waals surface area (Å²) >= 11 is 2.29. The third kappa shape index (κ3) is 2.73. The van der Waals surface area contributed by atoms with E-state index in [9.17, 15) is 0 Å². The summed E-state index contributed by atoms with van der Waals surface area (Å²) in [6.45, 7) is 0.613. The van der Waals surface area contributed by atoms with E-state index in [1.165, 1.54) is 0 Å². The van der Waals surface area contributed by atoms with Crippen LogP contribution < -0.4 is 0 Å². The van der Waals surface area contributed by atoms with Crippen molar-refractivity contribution >= 4 is 6.47 Å². The molecule has 0 amide bonds. The first-order chi connectivity index (χ1) is 1.91. The van der Waals surface area contributed by atoms with Crippen molar-refractivity contribution in [3.8, 4) is 12.1 Å². The standard InChI is InChI=1S/C2H2P.Au/c1-2-3;/h1,3H;/q-1;+1. The summed E-state index contributed by atoms with van der Waals surface area (Å²) in [5.41, 5.74) is 2.43. The summed E-state index contributed by atoms with van der Waals surface area (Å²) in [7, 11) is 0. The van der Waals surface area contributed by atoms with Crippen LogP contribution in [0, 0.1) is 12.1 Å². The number of hydrogen-bond acceptors (Lipinski definition) is 0. The Bertz CT molecular complexity index is 35.8. The molecule has 0 aromatic carbocycles. The van der Waals surface area contributed by atoms with Crippen molar-refractivity contribution in [1.82, 2.24) is 0 Å². The van der Waals surface area contributed by atoms with Gasteiger partial charge in [-0.2, -0.15) is 0 Å². The molecule has 0 saturated carbocycles. The predicted molar refractivity (Wildman–Crippen MR) is 17.1 cm³/mol. The third-order valence-corrected chi connectivity index (χ3v) is 1.07. The Kier molecular flexibility index (Phi) is 4.41. The average Bonchev–Trinajstić information content (AvgIpc) is 1.37. The average molecular weight is 254 g/mol. The molecule has 2 heteroatoms. The van der Waals surface area contributed by atoms with Crippen LogP contribution in [0.4, 0.5) is 0 Å². The van der Waals surface area contributed by atoms with Crippen LogP contribution in [0.1, 0.15) is 0 Å². The van der Waals surface area contributed by atoms with Crippen LogP contribution in [0.2, 0.25) is 0 Å². The molecule has 0 aliphatic heterocycles. The van der Waals surface area contributed by atoms with Crippen LogP contribution in [0.3, 0.4) is 0 Å². The molecule has 0 rings (SSSR count). The third-order valence-electron chi connectivity index (χ3n) is 0.0435. The van der Waals surface area contributed by atoms with E-state index >= 15 is 0 Å². The molecular weight excluding hydrogens is 252 g/mol. The molecule has 0 aliphatic carbocycles. The maximum atomic E-state index is 4.78. The van der Waals surface area contributed by atoms with Crippen molar-refractivity contribution in [2.24, 2.45) is 0 Å². The Morgan fingerprint density at radius 2 is 2.25 bits per heavy atom. The molecule has 1 atom stereocenters. The fourth-order valence-corrected chi connectivity index (χ4v) is 0. The van der Waals surface area contributed by atoms with Crippen LogP contribution in [0.5, 0.6) is 0 Å². The molecule has 0 aliphatic rings. The minimum atomic E-state index is 0.613. The van der Waals surface area contributed by atoms with Gasteiger partial charge in [0, 0.05) is 0 Å². The van der Waals surface area contributed by atoms with Gasteiger partial charge in [-0.1, -0.05) is 0 Å². The van der Waals surface area contributed by atoms with Gasteiger partial charge in [0.15, 0.2) is 0 Å². The molecular formula is C2H2AuP. The molecule has 0 radical (unpaired) electrons. The van der Waals surface area contributed by atoms with Gasteiger partial charge in [-0.05, 0) is 0 Å². The number of hydrogen-bond donors (Lipinski definition) is 0. The Labute approximate surface area is 39.5 Å². The molecule has 0 nitrogen and oxygen atoms in total. The molecule has 1 unspecified atom stereocenters. The van der Waals surface area contributed by atoms with Gasteiger partial charge in [-0.3, -0.25) is 0 Å². The molecule has 0 N–H and O–H groups in total. The van der Waals surface area contributed by atoms with Crippen LogP contribution in [-0.2, 0) is 20.5 Å². The zero-order chi connectivity index (χ0) is 3.41. The van der Waals surface area contributed by atoms with E-state index < -0.39 is 0 Å². The van der Waals surface area contributed by atoms with Crippen molar-refractivity contribution < 1.29 is 20.5 Å². The Morgan fingerprint density at radius 1 is 2.00 bits per heavy atom. The molecule has 0 heterocycles. The van der Waals surface area contributed by atoms with E-state index in [1.807, 2.05) is 0 Å². The summed E-state index contributed by atoms with van der Waals surface area (Å²) < 4.78 is 0. The van der Waals surface area contributed by atoms with Crippen LogP contribution in [0.15, 0.2) is 0 Å². The molecule has 0 bridgehead atoms. The van der Waals surface area contributed by atoms with Crippen molar-refractivity contribution in [1.29, 1.82) is 0 Å². The van der Waals surface area contributed by atoms with Crippen molar-refractivity contribution in [2.45, 2.75) is 0 Å². The van der Waals surface area contributed by atoms with E-state index in [4.69, 9.17) is 6.42 Å². The summed E-state index contributed by atoms with van der Waals surface area (Å²) in [6.07, 6.45) is 4.78. The van der Waals surface area contributed by atoms with Crippen LogP contribution >= 0.6 is 6.47 Å². The Morgan fingerprint density at radius 3 is 2.25 bits per heavy atom. The van der Waals surface area contributed by atoms with Gasteiger partial charge in [-0.15, -0.1) is 0 Å². The monoisotopic (exact) mass is 254 g/mol. The van der Waals surface area contributed by atoms with Crippen LogP contribution in [0.25, 0.3) is 0 Å². The van der Waals surface area contributed by atoms with E-state index in [-0.39, 0.29) is 0 Å². The SMILES string of the molecule is C#C[PH][Au]. The van der Waals surface area contributed by atoms with Gasteiger partial charge < -0.3 is 0 Å². The van der Waals surface area contributed by atoms with Gasteiger partial charge in [0.1, 0.15) is 0 Å². The predicted octanol–water partition coefficient (Wildman–Crippen LogP) is 0.717. The van der Waals surface area contributed by atoms with Gasteiger partial charge >= 0.3 is 39.1 Å². The van der Waals surface area contributed by atoms with E-state index in [0.29, 0.717) is 6.47 Å². The van der Waals surface area contributed by atoms with E-state index in [0.717, 1.165) is 0 Å². The normalized spacial score (nSPS) is 8.25. The molecule has 0 fully saturated rings. The molecule has 0 aromatic heterocycles. The fourth-order valence-electron chi connectivity index (χ4n) is 0. The first-order valence-electron chi connectivity index (χ1n) is 0.689. The van der Waals surface area contributed by atoms with Crippen molar-refractivity contribution in [2.75, 3.05) is 0 Å². The minimum absolute atomic E-state index is 0.613. The van der Waals surface area contributed by atoms with E-state index in [2.05, 4.69) is 26.2 Å². The van der Waals surface area contributed by atoms with Crippen LogP contribution in [-0.4, -0.2) is 0 Å². The molecule has 0 aromatic rings. The van der Waals surface area contributed by atoms with Crippen molar-refractivity contribution in [3.63, 3.8) is 0 Å². The van der Waals surface area contributed by atoms with Gasteiger partial charge in [-0.25, -0.2) is 0 Å². The second-order valence-electron chi connectivity index (χ2n) is 0.220. The second-order valence-corrected chi connectivity index (χ2v) is 2.28. The maximum absolute atomic E-state index is 4.78. The quantitative estimate of drug-likeness (QED) is 0.339. The van der Waals surface area contributed by atoms with Crippen molar-refractivity contribution in [3.05, 3.63) is 0 Å². The first-order valence-corrected chi connectivity index (χ1v) is 4.74. The number of rotatable bonds is 0. The Balaban J connectivity index is 2.43. The zero-order valence-corrected chi connectivity index (χ0v) is 5.05. The molecule has 4 heavy (non-hydrogen) atoms. The summed E-state index contributed by atoms with van der Waals surface area (Å²) in [4.78, 5) is 0. The molecule has 0 spiro atoms. The van der Waals surface area contributed by atoms with E-state index in [1.54, 1.807) is 0 Å². The van der Waals surface area contributed by atoms with Gasteiger partial charge in [0.05, 0.1) is 0 Å². The number of terminal acetylenes is 1.